The molecule has 1 fully saturated rings. The van der Waals surface area contributed by atoms with E-state index in [2.05, 4.69) is 13.8 Å². The summed E-state index contributed by atoms with van der Waals surface area (Å²) < 4.78 is 7.20. The molecule has 0 spiro atoms. The number of fused-ring (bicyclic) bond motifs is 1. The summed E-state index contributed by atoms with van der Waals surface area (Å²) in [6.45, 7) is 7.64. The average Bonchev–Trinajstić information content (AvgIpc) is 2.98. The fraction of sp³-hybridized carbons (Fsp3) is 0.625. The van der Waals surface area contributed by atoms with Crippen LogP contribution in [0.4, 0.5) is 0 Å². The Labute approximate surface area is 130 Å². The Kier molecular flexibility index (Phi) is 4.20. The van der Waals surface area contributed by atoms with Crippen molar-refractivity contribution in [3.63, 3.8) is 0 Å². The predicted molar refractivity (Wildman–Crippen MR) is 81.5 cm³/mol. The molecular formula is C16H23N3O3. The van der Waals surface area contributed by atoms with E-state index in [9.17, 15) is 9.59 Å². The van der Waals surface area contributed by atoms with Gasteiger partial charge in [-0.2, -0.15) is 0 Å². The maximum atomic E-state index is 12.9. The Morgan fingerprint density at radius 1 is 1.36 bits per heavy atom. The lowest BCUT2D eigenvalue weighted by Crippen LogP contribution is -2.58. The van der Waals surface area contributed by atoms with Crippen LogP contribution in [-0.4, -0.2) is 65.1 Å². The standard InChI is InChI=1S/C16H23N3O3/c1-12(2)10-19-14(15(20)17-6-8-22-9-7-17)11-18-5-3-4-13(18)16(19)21/h3-5,12,14H,6-11H2,1-2H3. The third-order valence-corrected chi connectivity index (χ3v) is 4.23. The molecule has 0 aliphatic carbocycles. The van der Waals surface area contributed by atoms with Gasteiger partial charge in [-0.3, -0.25) is 9.59 Å². The summed E-state index contributed by atoms with van der Waals surface area (Å²) in [7, 11) is 0. The molecule has 0 bridgehead atoms. The molecule has 6 heteroatoms. The zero-order chi connectivity index (χ0) is 15.7. The highest BCUT2D eigenvalue weighted by Gasteiger charge is 2.38. The normalized spacial score (nSPS) is 22.1. The molecule has 1 unspecified atom stereocenters. The lowest BCUT2D eigenvalue weighted by atomic mass is 10.1. The van der Waals surface area contributed by atoms with Crippen LogP contribution in [0, 0.1) is 5.92 Å². The molecule has 2 aliphatic heterocycles. The number of carbonyl (C=O) groups excluding carboxylic acids is 2. The highest BCUT2D eigenvalue weighted by atomic mass is 16.5. The second kappa shape index (κ2) is 6.12. The number of morpholine rings is 1. The van der Waals surface area contributed by atoms with Crippen LogP contribution in [0.25, 0.3) is 0 Å². The van der Waals surface area contributed by atoms with Gasteiger partial charge in [0.2, 0.25) is 5.91 Å². The summed E-state index contributed by atoms with van der Waals surface area (Å²) >= 11 is 0. The van der Waals surface area contributed by atoms with Crippen molar-refractivity contribution in [3.05, 3.63) is 24.0 Å². The van der Waals surface area contributed by atoms with Crippen LogP contribution >= 0.6 is 0 Å². The number of hydrogen-bond acceptors (Lipinski definition) is 3. The topological polar surface area (TPSA) is 54.8 Å². The van der Waals surface area contributed by atoms with Crippen molar-refractivity contribution >= 4 is 11.8 Å². The fourth-order valence-electron chi connectivity index (χ4n) is 3.15. The number of nitrogens with zero attached hydrogens (tertiary/aromatic N) is 3. The summed E-state index contributed by atoms with van der Waals surface area (Å²) in [6.07, 6.45) is 1.87. The van der Waals surface area contributed by atoms with Crippen molar-refractivity contribution in [1.82, 2.24) is 14.4 Å². The number of carbonyl (C=O) groups is 2. The zero-order valence-electron chi connectivity index (χ0n) is 13.2. The molecule has 6 nitrogen and oxygen atoms in total. The average molecular weight is 305 g/mol. The third-order valence-electron chi connectivity index (χ3n) is 4.23. The van der Waals surface area contributed by atoms with Gasteiger partial charge in [-0.05, 0) is 18.1 Å². The molecule has 2 amide bonds. The van der Waals surface area contributed by atoms with Crippen molar-refractivity contribution in [1.29, 1.82) is 0 Å². The number of amides is 2. The first-order chi connectivity index (χ1) is 10.6. The van der Waals surface area contributed by atoms with Crippen molar-refractivity contribution < 1.29 is 14.3 Å². The van der Waals surface area contributed by atoms with Crippen LogP contribution in [-0.2, 0) is 16.1 Å². The molecule has 0 aromatic carbocycles. The first-order valence-electron chi connectivity index (χ1n) is 7.90. The van der Waals surface area contributed by atoms with Gasteiger partial charge in [0.1, 0.15) is 11.7 Å². The molecule has 1 saturated heterocycles. The van der Waals surface area contributed by atoms with Crippen LogP contribution in [0.1, 0.15) is 24.3 Å². The van der Waals surface area contributed by atoms with Crippen LogP contribution in [0.5, 0.6) is 0 Å². The van der Waals surface area contributed by atoms with Gasteiger partial charge in [0, 0.05) is 25.8 Å². The maximum absolute atomic E-state index is 12.9. The van der Waals surface area contributed by atoms with Crippen molar-refractivity contribution in [2.75, 3.05) is 32.8 Å². The van der Waals surface area contributed by atoms with Gasteiger partial charge in [-0.15, -0.1) is 0 Å². The van der Waals surface area contributed by atoms with Gasteiger partial charge < -0.3 is 19.1 Å². The van der Waals surface area contributed by atoms with E-state index in [1.165, 1.54) is 0 Å². The smallest absolute Gasteiger partial charge is 0.271 e. The lowest BCUT2D eigenvalue weighted by molar-refractivity contribution is -0.141. The van der Waals surface area contributed by atoms with Crippen LogP contribution in [0.3, 0.4) is 0 Å². The molecule has 1 atom stereocenters. The van der Waals surface area contributed by atoms with E-state index in [0.29, 0.717) is 51.0 Å². The Hall–Kier alpha value is -1.82. The summed E-state index contributed by atoms with van der Waals surface area (Å²) in [5.74, 6) is 0.318. The van der Waals surface area contributed by atoms with E-state index in [0.717, 1.165) is 0 Å². The van der Waals surface area contributed by atoms with Crippen molar-refractivity contribution in [3.8, 4) is 0 Å². The minimum Gasteiger partial charge on any atom is -0.378 e. The number of aromatic nitrogens is 1. The van der Waals surface area contributed by atoms with E-state index in [1.807, 2.05) is 27.8 Å². The number of rotatable bonds is 3. The SMILES string of the molecule is CC(C)CN1C(=O)c2cccn2CC1C(=O)N1CCOCC1. The molecular weight excluding hydrogens is 282 g/mol. The molecule has 0 radical (unpaired) electrons. The molecule has 22 heavy (non-hydrogen) atoms. The van der Waals surface area contributed by atoms with E-state index < -0.39 is 6.04 Å². The summed E-state index contributed by atoms with van der Waals surface area (Å²) in [5.41, 5.74) is 0.673. The molecule has 120 valence electrons. The van der Waals surface area contributed by atoms with Gasteiger partial charge in [0.25, 0.3) is 5.91 Å². The maximum Gasteiger partial charge on any atom is 0.271 e. The van der Waals surface area contributed by atoms with Crippen LogP contribution in [0.2, 0.25) is 0 Å². The van der Waals surface area contributed by atoms with E-state index in [1.54, 1.807) is 4.90 Å². The monoisotopic (exact) mass is 305 g/mol. The number of hydrogen-bond donors (Lipinski definition) is 0. The Bertz CT molecular complexity index is 561. The van der Waals surface area contributed by atoms with Gasteiger partial charge in [0.15, 0.2) is 0 Å². The van der Waals surface area contributed by atoms with Crippen LogP contribution < -0.4 is 0 Å². The summed E-state index contributed by atoms with van der Waals surface area (Å²) in [6, 6.07) is 3.28. The molecule has 3 heterocycles. The van der Waals surface area contributed by atoms with Crippen molar-refractivity contribution in [2.24, 2.45) is 5.92 Å². The zero-order valence-corrected chi connectivity index (χ0v) is 13.2. The summed E-state index contributed by atoms with van der Waals surface area (Å²) in [5, 5.41) is 0. The lowest BCUT2D eigenvalue weighted by Gasteiger charge is -2.40. The largest absolute Gasteiger partial charge is 0.378 e. The minimum absolute atomic E-state index is 0.0386. The highest BCUT2D eigenvalue weighted by Crippen LogP contribution is 2.21. The van der Waals surface area contributed by atoms with Gasteiger partial charge in [-0.25, -0.2) is 0 Å². The highest BCUT2D eigenvalue weighted by molar-refractivity contribution is 5.97. The van der Waals surface area contributed by atoms with E-state index in [-0.39, 0.29) is 11.8 Å². The molecule has 0 N–H and O–H groups in total. The van der Waals surface area contributed by atoms with E-state index in [4.69, 9.17) is 4.74 Å². The third kappa shape index (κ3) is 2.75. The van der Waals surface area contributed by atoms with Gasteiger partial charge in [-0.1, -0.05) is 13.8 Å². The molecule has 2 aliphatic rings. The molecule has 1 aromatic rings. The predicted octanol–water partition coefficient (Wildman–Crippen LogP) is 0.827. The van der Waals surface area contributed by atoms with Crippen LogP contribution in [0.15, 0.2) is 18.3 Å². The first kappa shape index (κ1) is 15.1. The second-order valence-corrected chi connectivity index (χ2v) is 6.35. The van der Waals surface area contributed by atoms with Gasteiger partial charge >= 0.3 is 0 Å². The molecule has 0 saturated carbocycles. The fourth-order valence-corrected chi connectivity index (χ4v) is 3.15. The molecule has 3 rings (SSSR count). The Balaban J connectivity index is 1.86. The summed E-state index contributed by atoms with van der Waals surface area (Å²) in [4.78, 5) is 29.2. The molecule has 1 aromatic heterocycles. The second-order valence-electron chi connectivity index (χ2n) is 6.35. The Morgan fingerprint density at radius 2 is 2.09 bits per heavy atom. The van der Waals surface area contributed by atoms with Gasteiger partial charge in [0.05, 0.1) is 19.8 Å². The quantitative estimate of drug-likeness (QED) is 0.831. The Morgan fingerprint density at radius 3 is 2.77 bits per heavy atom. The minimum atomic E-state index is -0.409. The number of ether oxygens (including phenoxy) is 1. The first-order valence-corrected chi connectivity index (χ1v) is 7.90. The van der Waals surface area contributed by atoms with E-state index >= 15 is 0 Å². The van der Waals surface area contributed by atoms with Crippen molar-refractivity contribution in [2.45, 2.75) is 26.4 Å².